The second kappa shape index (κ2) is 6.75. The Morgan fingerprint density at radius 1 is 1.48 bits per heavy atom. The lowest BCUT2D eigenvalue weighted by atomic mass is 10.3. The van der Waals surface area contributed by atoms with E-state index in [1.165, 1.54) is 4.67 Å². The van der Waals surface area contributed by atoms with Gasteiger partial charge in [-0.1, -0.05) is 0 Å². The largest absolute Gasteiger partial charge is 0.497 e. The van der Waals surface area contributed by atoms with Crippen molar-refractivity contribution in [3.63, 3.8) is 0 Å². The fourth-order valence-electron chi connectivity index (χ4n) is 1.85. The SMILES string of the molecule is CCOC(=O)N(c1ccc(OC)cc1)P1(=S)OCC(C)O1. The highest BCUT2D eigenvalue weighted by Gasteiger charge is 2.41. The second-order valence-corrected chi connectivity index (χ2v) is 7.58. The number of rotatable bonds is 4. The van der Waals surface area contributed by atoms with Crippen molar-refractivity contribution in [2.45, 2.75) is 20.0 Å². The van der Waals surface area contributed by atoms with Crippen molar-refractivity contribution in [1.29, 1.82) is 0 Å². The first-order chi connectivity index (χ1) is 10.00. The summed E-state index contributed by atoms with van der Waals surface area (Å²) in [5.41, 5.74) is 0.562. The molecule has 0 radical (unpaired) electrons. The van der Waals surface area contributed by atoms with Crippen LogP contribution in [0.25, 0.3) is 0 Å². The van der Waals surface area contributed by atoms with Gasteiger partial charge in [0.25, 0.3) is 6.64 Å². The average Bonchev–Trinajstić information content (AvgIpc) is 2.80. The summed E-state index contributed by atoms with van der Waals surface area (Å²) < 4.78 is 22.8. The molecule has 0 aromatic heterocycles. The zero-order chi connectivity index (χ0) is 15.5. The van der Waals surface area contributed by atoms with Crippen LogP contribution in [0.2, 0.25) is 0 Å². The third kappa shape index (κ3) is 3.55. The van der Waals surface area contributed by atoms with E-state index in [4.69, 9.17) is 30.3 Å². The lowest BCUT2D eigenvalue weighted by molar-refractivity contribution is 0.163. The molecule has 0 saturated carbocycles. The molecule has 1 aromatic rings. The highest BCUT2D eigenvalue weighted by atomic mass is 32.5. The van der Waals surface area contributed by atoms with Gasteiger partial charge in [-0.3, -0.25) is 0 Å². The van der Waals surface area contributed by atoms with E-state index in [0.29, 0.717) is 18.0 Å². The van der Waals surface area contributed by atoms with Crippen LogP contribution < -0.4 is 9.41 Å². The monoisotopic (exact) mass is 331 g/mol. The van der Waals surface area contributed by atoms with Gasteiger partial charge in [-0.15, -0.1) is 0 Å². The van der Waals surface area contributed by atoms with Crippen LogP contribution in [0.5, 0.6) is 5.75 Å². The maximum atomic E-state index is 12.3. The number of hydrogen-bond acceptors (Lipinski definition) is 6. The molecule has 8 heteroatoms. The number of nitrogens with zero attached hydrogens (tertiary/aromatic N) is 1. The number of carbonyl (C=O) groups excluding carboxylic acids is 1. The Kier molecular flexibility index (Phi) is 5.22. The zero-order valence-corrected chi connectivity index (χ0v) is 13.9. The van der Waals surface area contributed by atoms with Gasteiger partial charge in [-0.25, -0.2) is 9.46 Å². The van der Waals surface area contributed by atoms with Crippen molar-refractivity contribution >= 4 is 30.2 Å². The maximum Gasteiger partial charge on any atom is 0.421 e. The Hall–Kier alpha value is -1.14. The van der Waals surface area contributed by atoms with Crippen molar-refractivity contribution in [2.24, 2.45) is 0 Å². The first-order valence-electron chi connectivity index (χ1n) is 6.54. The second-order valence-electron chi connectivity index (χ2n) is 4.39. The summed E-state index contributed by atoms with van der Waals surface area (Å²) in [6, 6.07) is 6.92. The molecule has 1 heterocycles. The number of carbonyl (C=O) groups is 1. The van der Waals surface area contributed by atoms with Gasteiger partial charge in [0, 0.05) is 0 Å². The van der Waals surface area contributed by atoms with Crippen molar-refractivity contribution in [3.8, 4) is 5.75 Å². The molecule has 0 aliphatic carbocycles. The normalized spacial score (nSPS) is 24.6. The third-order valence-corrected chi connectivity index (χ3v) is 5.84. The van der Waals surface area contributed by atoms with Crippen LogP contribution >= 0.6 is 6.64 Å². The van der Waals surface area contributed by atoms with E-state index in [0.717, 1.165) is 0 Å². The van der Waals surface area contributed by atoms with Crippen LogP contribution in [-0.2, 0) is 25.6 Å². The number of ether oxygens (including phenoxy) is 2. The molecule has 1 saturated heterocycles. The fourth-order valence-corrected chi connectivity index (χ4v) is 4.81. The van der Waals surface area contributed by atoms with Gasteiger partial charge in [0.1, 0.15) is 5.75 Å². The maximum absolute atomic E-state index is 12.3. The highest BCUT2D eigenvalue weighted by Crippen LogP contribution is 2.59. The minimum absolute atomic E-state index is 0.147. The van der Waals surface area contributed by atoms with Crippen molar-refractivity contribution < 1.29 is 23.3 Å². The van der Waals surface area contributed by atoms with Crippen LogP contribution in [0.3, 0.4) is 0 Å². The molecule has 0 bridgehead atoms. The predicted molar refractivity (Wildman–Crippen MR) is 83.3 cm³/mol. The molecule has 2 unspecified atom stereocenters. The summed E-state index contributed by atoms with van der Waals surface area (Å²) >= 11 is 5.46. The van der Waals surface area contributed by atoms with Gasteiger partial charge >= 0.3 is 6.09 Å². The molecular formula is C13H18NO5PS. The summed E-state index contributed by atoms with van der Waals surface area (Å²) in [5, 5.41) is 0. The summed E-state index contributed by atoms with van der Waals surface area (Å²) in [7, 11) is 1.57. The Morgan fingerprint density at radius 3 is 2.62 bits per heavy atom. The van der Waals surface area contributed by atoms with Crippen LogP contribution in [0.15, 0.2) is 24.3 Å². The van der Waals surface area contributed by atoms with E-state index < -0.39 is 12.7 Å². The van der Waals surface area contributed by atoms with Crippen molar-refractivity contribution in [1.82, 2.24) is 0 Å². The van der Waals surface area contributed by atoms with Crippen molar-refractivity contribution in [3.05, 3.63) is 24.3 Å². The van der Waals surface area contributed by atoms with Gasteiger partial charge < -0.3 is 18.5 Å². The van der Waals surface area contributed by atoms with Crippen LogP contribution in [0, 0.1) is 0 Å². The van der Waals surface area contributed by atoms with Gasteiger partial charge in [0.05, 0.1) is 32.1 Å². The Bertz CT molecular complexity index is 550. The molecule has 1 aromatic carbocycles. The van der Waals surface area contributed by atoms with E-state index in [1.807, 2.05) is 6.92 Å². The lowest BCUT2D eigenvalue weighted by Gasteiger charge is -2.28. The van der Waals surface area contributed by atoms with Crippen LogP contribution in [-0.4, -0.2) is 32.5 Å². The number of benzene rings is 1. The van der Waals surface area contributed by atoms with E-state index in [2.05, 4.69) is 0 Å². The highest BCUT2D eigenvalue weighted by molar-refractivity contribution is 8.11. The van der Waals surface area contributed by atoms with Gasteiger partial charge in [-0.2, -0.15) is 0 Å². The summed E-state index contributed by atoms with van der Waals surface area (Å²) in [5.74, 6) is 0.681. The van der Waals surface area contributed by atoms with Crippen LogP contribution in [0.1, 0.15) is 13.8 Å². The summed E-state index contributed by atoms with van der Waals surface area (Å²) in [4.78, 5) is 12.3. The number of amides is 1. The molecule has 21 heavy (non-hydrogen) atoms. The molecule has 116 valence electrons. The minimum atomic E-state index is -2.92. The van der Waals surface area contributed by atoms with E-state index in [9.17, 15) is 4.79 Å². The molecule has 2 rings (SSSR count). The van der Waals surface area contributed by atoms with E-state index >= 15 is 0 Å². The molecule has 1 aliphatic rings. The fraction of sp³-hybridized carbons (Fsp3) is 0.462. The topological polar surface area (TPSA) is 57.2 Å². The Balaban J connectivity index is 2.35. The van der Waals surface area contributed by atoms with Crippen molar-refractivity contribution in [2.75, 3.05) is 25.0 Å². The quantitative estimate of drug-likeness (QED) is 0.789. The van der Waals surface area contributed by atoms with Crippen LogP contribution in [0.4, 0.5) is 10.5 Å². The summed E-state index contributed by atoms with van der Waals surface area (Å²) in [6.45, 7) is 1.28. The minimum Gasteiger partial charge on any atom is -0.497 e. The zero-order valence-electron chi connectivity index (χ0n) is 12.1. The lowest BCUT2D eigenvalue weighted by Crippen LogP contribution is -2.29. The van der Waals surface area contributed by atoms with Gasteiger partial charge in [0.2, 0.25) is 0 Å². The first-order valence-corrected chi connectivity index (χ1v) is 9.13. The molecular weight excluding hydrogens is 313 g/mol. The molecule has 1 amide bonds. The smallest absolute Gasteiger partial charge is 0.421 e. The van der Waals surface area contributed by atoms with Gasteiger partial charge in [0.15, 0.2) is 0 Å². The molecule has 6 nitrogen and oxygen atoms in total. The third-order valence-electron chi connectivity index (χ3n) is 2.79. The summed E-state index contributed by atoms with van der Waals surface area (Å²) in [6.07, 6.45) is -0.717. The number of hydrogen-bond donors (Lipinski definition) is 0. The predicted octanol–water partition coefficient (Wildman–Crippen LogP) is 3.32. The molecule has 1 fully saturated rings. The van der Waals surface area contributed by atoms with E-state index in [1.54, 1.807) is 38.3 Å². The molecule has 0 spiro atoms. The first kappa shape index (κ1) is 16.2. The standard InChI is InChI=1S/C13H18NO5PS/c1-4-17-13(15)14(20(21)18-9-10(2)19-20)11-5-7-12(16-3)8-6-11/h5-8,10H,4,9H2,1-3H3. The van der Waals surface area contributed by atoms with E-state index in [-0.39, 0.29) is 12.7 Å². The Labute approximate surface area is 129 Å². The number of anilines is 1. The van der Waals surface area contributed by atoms with Gasteiger partial charge in [-0.05, 0) is 49.9 Å². The Morgan fingerprint density at radius 2 is 2.14 bits per heavy atom. The molecule has 1 aliphatic heterocycles. The average molecular weight is 331 g/mol. The molecule has 2 atom stereocenters. The number of methoxy groups -OCH3 is 1. The molecule has 0 N–H and O–H groups in total.